The number of piperazine rings is 1. The molecule has 3 heterocycles. The van der Waals surface area contributed by atoms with Crippen LogP contribution in [0.1, 0.15) is 10.4 Å². The number of hydrogen-bond donors (Lipinski definition) is 1. The van der Waals surface area contributed by atoms with E-state index in [1.54, 1.807) is 39.8 Å². The van der Waals surface area contributed by atoms with Crippen LogP contribution in [0.4, 0.5) is 20.3 Å². The average Bonchev–Trinajstić information content (AvgIpc) is 3.35. The first kappa shape index (κ1) is 25.4. The molecular formula is C26H22ClF2N7O2. The summed E-state index contributed by atoms with van der Waals surface area (Å²) in [6.07, 6.45) is 4.47. The average molecular weight is 538 g/mol. The van der Waals surface area contributed by atoms with Crippen LogP contribution in [0.3, 0.4) is 0 Å². The van der Waals surface area contributed by atoms with Gasteiger partial charge in [-0.05, 0) is 37.4 Å². The second-order valence-electron chi connectivity index (χ2n) is 8.71. The summed E-state index contributed by atoms with van der Waals surface area (Å²) in [7, 11) is 2.02. The number of nitrogens with one attached hydrogen (secondary N) is 1. The summed E-state index contributed by atoms with van der Waals surface area (Å²) >= 11 is 6.47. The Morgan fingerprint density at radius 3 is 2.68 bits per heavy atom. The number of nitrogens with zero attached hydrogens (tertiary/aromatic N) is 6. The van der Waals surface area contributed by atoms with Crippen LogP contribution < -0.4 is 10.1 Å². The van der Waals surface area contributed by atoms with Crippen LogP contribution in [0.2, 0.25) is 5.02 Å². The summed E-state index contributed by atoms with van der Waals surface area (Å²) < 4.78 is 35.9. The molecule has 0 aliphatic carbocycles. The molecule has 2 aromatic carbocycles. The number of ether oxygens (including phenoxy) is 1. The summed E-state index contributed by atoms with van der Waals surface area (Å²) in [5, 5.41) is 12.0. The van der Waals surface area contributed by atoms with Crippen LogP contribution in [-0.2, 0) is 0 Å². The van der Waals surface area contributed by atoms with E-state index in [9.17, 15) is 13.6 Å². The van der Waals surface area contributed by atoms with Crippen molar-refractivity contribution >= 4 is 34.7 Å². The van der Waals surface area contributed by atoms with Gasteiger partial charge in [0.2, 0.25) is 5.82 Å². The molecule has 0 radical (unpaired) electrons. The van der Waals surface area contributed by atoms with Gasteiger partial charge in [-0.25, -0.2) is 14.4 Å². The van der Waals surface area contributed by atoms with E-state index >= 15 is 0 Å². The summed E-state index contributed by atoms with van der Waals surface area (Å²) in [6.45, 7) is 2.49. The maximum absolute atomic E-state index is 14.9. The summed E-state index contributed by atoms with van der Waals surface area (Å²) in [5.41, 5.74) is 1.61. The number of aromatic nitrogens is 3. The molecular weight excluding hydrogens is 516 g/mol. The van der Waals surface area contributed by atoms with Gasteiger partial charge in [-0.15, -0.1) is 0 Å². The molecule has 194 valence electrons. The number of carbonyl (C=O) groups is 1. The van der Waals surface area contributed by atoms with Gasteiger partial charge in [0, 0.05) is 49.8 Å². The van der Waals surface area contributed by atoms with Gasteiger partial charge < -0.3 is 19.9 Å². The van der Waals surface area contributed by atoms with Gasteiger partial charge in [0.05, 0.1) is 22.5 Å². The van der Waals surface area contributed by atoms with Crippen LogP contribution in [0, 0.1) is 23.0 Å². The van der Waals surface area contributed by atoms with E-state index in [1.807, 2.05) is 7.05 Å². The molecule has 1 aliphatic rings. The molecule has 0 bridgehead atoms. The Bertz CT molecular complexity index is 1560. The van der Waals surface area contributed by atoms with Crippen molar-refractivity contribution in [3.05, 3.63) is 71.1 Å². The van der Waals surface area contributed by atoms with Crippen molar-refractivity contribution in [3.8, 4) is 23.1 Å². The van der Waals surface area contributed by atoms with Crippen LogP contribution >= 0.6 is 11.6 Å². The molecule has 1 saturated heterocycles. The minimum Gasteiger partial charge on any atom is -0.476 e. The second-order valence-corrected chi connectivity index (χ2v) is 9.12. The van der Waals surface area contributed by atoms with Crippen molar-refractivity contribution in [2.24, 2.45) is 0 Å². The highest BCUT2D eigenvalue weighted by atomic mass is 35.5. The predicted molar refractivity (Wildman–Crippen MR) is 138 cm³/mol. The minimum atomic E-state index is -1.19. The van der Waals surface area contributed by atoms with Crippen molar-refractivity contribution in [3.63, 3.8) is 0 Å². The van der Waals surface area contributed by atoms with E-state index in [-0.39, 0.29) is 17.2 Å². The molecule has 5 rings (SSSR count). The molecule has 0 atom stereocenters. The van der Waals surface area contributed by atoms with E-state index in [0.717, 1.165) is 13.1 Å². The lowest BCUT2D eigenvalue weighted by Crippen LogP contribution is -2.47. The monoisotopic (exact) mass is 537 g/mol. The largest absolute Gasteiger partial charge is 0.476 e. The second kappa shape index (κ2) is 10.6. The summed E-state index contributed by atoms with van der Waals surface area (Å²) in [6, 6.07) is 9.36. The van der Waals surface area contributed by atoms with Crippen molar-refractivity contribution in [2.45, 2.75) is 0 Å². The zero-order valence-electron chi connectivity index (χ0n) is 20.3. The Balaban J connectivity index is 1.40. The standard InChI is InChI=1S/C26H22ClF2N7O2/c1-34-9-11-35(12-10-34)26(37)17-3-2-16(14-19(17)27)33-24-25-32-15-20(36(25)8-7-31-24)18-4-5-21(38-13-6-30)23(29)22(18)28/h2-5,7-8,14-15H,9-13H2,1H3,(H,31,33). The van der Waals surface area contributed by atoms with Crippen LogP contribution in [0.25, 0.3) is 16.9 Å². The highest BCUT2D eigenvalue weighted by Gasteiger charge is 2.23. The number of fused-ring (bicyclic) bond motifs is 1. The Kier molecular flexibility index (Phi) is 7.09. The van der Waals surface area contributed by atoms with Crippen LogP contribution in [0.15, 0.2) is 48.9 Å². The van der Waals surface area contributed by atoms with Crippen molar-refractivity contribution in [2.75, 3.05) is 45.2 Å². The number of benzene rings is 2. The quantitative estimate of drug-likeness (QED) is 0.390. The van der Waals surface area contributed by atoms with E-state index < -0.39 is 18.2 Å². The zero-order chi connectivity index (χ0) is 26.8. The van der Waals surface area contributed by atoms with Crippen molar-refractivity contribution in [1.29, 1.82) is 5.26 Å². The SMILES string of the molecule is CN1CCN(C(=O)c2ccc(Nc3nccn4c(-c5ccc(OCC#N)c(F)c5F)cnc34)cc2Cl)CC1. The fraction of sp³-hybridized carbons (Fsp3) is 0.231. The topological polar surface area (TPSA) is 98.8 Å². The van der Waals surface area contributed by atoms with E-state index in [2.05, 4.69) is 20.2 Å². The smallest absolute Gasteiger partial charge is 0.255 e. The number of carbonyl (C=O) groups excluding carboxylic acids is 1. The molecule has 38 heavy (non-hydrogen) atoms. The molecule has 0 unspecified atom stereocenters. The van der Waals surface area contributed by atoms with Gasteiger partial charge in [0.15, 0.2) is 29.6 Å². The molecule has 12 heteroatoms. The molecule has 1 amide bonds. The molecule has 1 aliphatic heterocycles. The lowest BCUT2D eigenvalue weighted by Gasteiger charge is -2.32. The zero-order valence-corrected chi connectivity index (χ0v) is 21.0. The van der Waals surface area contributed by atoms with Gasteiger partial charge in [0.1, 0.15) is 6.07 Å². The number of rotatable bonds is 6. The Morgan fingerprint density at radius 1 is 1.16 bits per heavy atom. The number of nitriles is 1. The molecule has 0 saturated carbocycles. The molecule has 4 aromatic rings. The number of imidazole rings is 1. The third-order valence-corrected chi connectivity index (χ3v) is 6.61. The van der Waals surface area contributed by atoms with Gasteiger partial charge in [0.25, 0.3) is 5.91 Å². The maximum atomic E-state index is 14.9. The number of amides is 1. The first-order valence-electron chi connectivity index (χ1n) is 11.7. The number of hydrogen-bond acceptors (Lipinski definition) is 7. The fourth-order valence-electron chi connectivity index (χ4n) is 4.24. The van der Waals surface area contributed by atoms with Gasteiger partial charge >= 0.3 is 0 Å². The molecule has 2 aromatic heterocycles. The van der Waals surface area contributed by atoms with Crippen LogP contribution in [0.5, 0.6) is 5.75 Å². The van der Waals surface area contributed by atoms with Crippen LogP contribution in [-0.4, -0.2) is 69.9 Å². The first-order chi connectivity index (χ1) is 18.4. The lowest BCUT2D eigenvalue weighted by atomic mass is 10.1. The lowest BCUT2D eigenvalue weighted by molar-refractivity contribution is 0.0664. The Morgan fingerprint density at radius 2 is 1.95 bits per heavy atom. The van der Waals surface area contributed by atoms with E-state index in [0.29, 0.717) is 46.5 Å². The maximum Gasteiger partial charge on any atom is 0.255 e. The van der Waals surface area contributed by atoms with Gasteiger partial charge in [-0.3, -0.25) is 9.20 Å². The molecule has 0 spiro atoms. The predicted octanol–water partition coefficient (Wildman–Crippen LogP) is 4.36. The summed E-state index contributed by atoms with van der Waals surface area (Å²) in [4.78, 5) is 25.6. The van der Waals surface area contributed by atoms with Gasteiger partial charge in [-0.1, -0.05) is 11.6 Å². The number of likely N-dealkylation sites (N-methyl/N-ethyl adjacent to an activating group) is 1. The highest BCUT2D eigenvalue weighted by Crippen LogP contribution is 2.32. The Labute approximate surface area is 221 Å². The first-order valence-corrected chi connectivity index (χ1v) is 12.1. The molecule has 1 N–H and O–H groups in total. The summed E-state index contributed by atoms with van der Waals surface area (Å²) in [5.74, 6) is -2.44. The molecule has 9 nitrogen and oxygen atoms in total. The number of anilines is 2. The van der Waals surface area contributed by atoms with E-state index in [4.69, 9.17) is 21.6 Å². The fourth-order valence-corrected chi connectivity index (χ4v) is 4.50. The van der Waals surface area contributed by atoms with Crippen molar-refractivity contribution < 1.29 is 18.3 Å². The number of halogens is 3. The third kappa shape index (κ3) is 4.83. The van der Waals surface area contributed by atoms with Crippen molar-refractivity contribution in [1.82, 2.24) is 24.2 Å². The van der Waals surface area contributed by atoms with E-state index in [1.165, 1.54) is 24.5 Å². The Hall–Kier alpha value is -4.27. The molecule has 1 fully saturated rings. The normalized spacial score (nSPS) is 13.9. The highest BCUT2D eigenvalue weighted by molar-refractivity contribution is 6.34. The minimum absolute atomic E-state index is 0.0359. The third-order valence-electron chi connectivity index (χ3n) is 6.30. The van der Waals surface area contributed by atoms with Gasteiger partial charge in [-0.2, -0.15) is 9.65 Å².